The summed E-state index contributed by atoms with van der Waals surface area (Å²) in [7, 11) is 0. The van der Waals surface area contributed by atoms with E-state index < -0.39 is 5.91 Å². The highest BCUT2D eigenvalue weighted by Gasteiger charge is 2.09. The fourth-order valence-electron chi connectivity index (χ4n) is 3.35. The maximum Gasteiger partial charge on any atom is 0.277 e. The first kappa shape index (κ1) is 19.2. The summed E-state index contributed by atoms with van der Waals surface area (Å²) in [4.78, 5) is 23.4. The molecule has 0 aliphatic carbocycles. The van der Waals surface area contributed by atoms with E-state index in [0.29, 0.717) is 5.75 Å². The van der Waals surface area contributed by atoms with Crippen molar-refractivity contribution in [2.75, 3.05) is 6.61 Å². The predicted molar refractivity (Wildman–Crippen MR) is 116 cm³/mol. The number of benzene rings is 3. The summed E-state index contributed by atoms with van der Waals surface area (Å²) in [6.45, 7) is -0.0889. The van der Waals surface area contributed by atoms with Crippen LogP contribution in [0.15, 0.2) is 78.0 Å². The molecule has 1 aromatic heterocycles. The second-order valence-electron chi connectivity index (χ2n) is 6.75. The zero-order valence-electron chi connectivity index (χ0n) is 16.1. The van der Waals surface area contributed by atoms with E-state index in [-0.39, 0.29) is 19.1 Å². The van der Waals surface area contributed by atoms with Gasteiger partial charge in [0.2, 0.25) is 5.91 Å². The van der Waals surface area contributed by atoms with Gasteiger partial charge in [-0.05, 0) is 17.5 Å². The van der Waals surface area contributed by atoms with Gasteiger partial charge < -0.3 is 15.0 Å². The third-order valence-corrected chi connectivity index (χ3v) is 4.65. The zero-order chi connectivity index (χ0) is 20.9. The molecule has 0 bridgehead atoms. The molecule has 4 aromatic rings. The monoisotopic (exact) mass is 400 g/mol. The van der Waals surface area contributed by atoms with Crippen molar-refractivity contribution in [1.82, 2.24) is 9.99 Å². The Morgan fingerprint density at radius 3 is 2.57 bits per heavy atom. The average molecular weight is 400 g/mol. The fourth-order valence-corrected chi connectivity index (χ4v) is 3.35. The van der Waals surface area contributed by atoms with Gasteiger partial charge in [-0.15, -0.1) is 0 Å². The van der Waals surface area contributed by atoms with Crippen molar-refractivity contribution in [3.63, 3.8) is 0 Å². The molecule has 150 valence electrons. The van der Waals surface area contributed by atoms with E-state index in [1.807, 2.05) is 66.7 Å². The average Bonchev–Trinajstić information content (AvgIpc) is 3.09. The number of nitrogens with zero attached hydrogens (tertiary/aromatic N) is 2. The maximum absolute atomic E-state index is 12.1. The van der Waals surface area contributed by atoms with E-state index in [1.54, 1.807) is 10.8 Å². The van der Waals surface area contributed by atoms with Crippen LogP contribution in [0.3, 0.4) is 0 Å². The molecule has 0 aliphatic heterocycles. The molecule has 4 rings (SSSR count). The summed E-state index contributed by atoms with van der Waals surface area (Å²) >= 11 is 0. The van der Waals surface area contributed by atoms with Crippen LogP contribution >= 0.6 is 0 Å². The zero-order valence-corrected chi connectivity index (χ0v) is 16.1. The van der Waals surface area contributed by atoms with E-state index >= 15 is 0 Å². The molecule has 3 N–H and O–H groups in total. The van der Waals surface area contributed by atoms with Crippen LogP contribution in [0.4, 0.5) is 0 Å². The van der Waals surface area contributed by atoms with Gasteiger partial charge in [0.25, 0.3) is 5.91 Å². The highest BCUT2D eigenvalue weighted by atomic mass is 16.5. The quantitative estimate of drug-likeness (QED) is 0.369. The lowest BCUT2D eigenvalue weighted by atomic mass is 10.1. The smallest absolute Gasteiger partial charge is 0.277 e. The molecule has 30 heavy (non-hydrogen) atoms. The Morgan fingerprint density at radius 1 is 1.00 bits per heavy atom. The number of fused-ring (bicyclic) bond motifs is 2. The number of nitrogens with two attached hydrogens (primary N) is 1. The lowest BCUT2D eigenvalue weighted by Gasteiger charge is -2.08. The lowest BCUT2D eigenvalue weighted by Crippen LogP contribution is -2.24. The minimum Gasteiger partial charge on any atom is -0.483 e. The third-order valence-electron chi connectivity index (χ3n) is 4.65. The first-order chi connectivity index (χ1) is 14.6. The molecule has 0 fully saturated rings. The van der Waals surface area contributed by atoms with Crippen molar-refractivity contribution >= 4 is 39.7 Å². The Kier molecular flexibility index (Phi) is 5.43. The number of hydrazone groups is 1. The van der Waals surface area contributed by atoms with Gasteiger partial charge in [-0.1, -0.05) is 54.6 Å². The van der Waals surface area contributed by atoms with Gasteiger partial charge >= 0.3 is 0 Å². The number of ether oxygens (including phenoxy) is 1. The molecule has 7 nitrogen and oxygen atoms in total. The van der Waals surface area contributed by atoms with Gasteiger partial charge in [0, 0.05) is 28.0 Å². The summed E-state index contributed by atoms with van der Waals surface area (Å²) in [6, 6.07) is 21.1. The highest BCUT2D eigenvalue weighted by molar-refractivity contribution is 6.00. The van der Waals surface area contributed by atoms with Crippen LogP contribution in [0.5, 0.6) is 5.75 Å². The normalized spacial score (nSPS) is 11.2. The molecule has 7 heteroatoms. The highest BCUT2D eigenvalue weighted by Crippen LogP contribution is 2.25. The van der Waals surface area contributed by atoms with Crippen LogP contribution < -0.4 is 15.9 Å². The number of para-hydroxylation sites is 1. The number of primary amides is 1. The molecular weight excluding hydrogens is 380 g/mol. The Hall–Kier alpha value is -4.13. The number of carbonyl (C=O) groups is 2. The van der Waals surface area contributed by atoms with Crippen LogP contribution in [-0.2, 0) is 16.1 Å². The molecule has 0 aliphatic rings. The molecular formula is C23H20N4O3. The summed E-state index contributed by atoms with van der Waals surface area (Å²) in [5.74, 6) is -0.167. The Morgan fingerprint density at radius 2 is 1.73 bits per heavy atom. The molecule has 0 radical (unpaired) electrons. The van der Waals surface area contributed by atoms with E-state index in [2.05, 4.69) is 10.5 Å². The largest absolute Gasteiger partial charge is 0.483 e. The predicted octanol–water partition coefficient (Wildman–Crippen LogP) is 2.81. The van der Waals surface area contributed by atoms with Crippen molar-refractivity contribution in [3.05, 3.63) is 78.5 Å². The van der Waals surface area contributed by atoms with E-state index in [0.717, 1.165) is 27.2 Å². The summed E-state index contributed by atoms with van der Waals surface area (Å²) in [6.07, 6.45) is 3.31. The second-order valence-corrected chi connectivity index (χ2v) is 6.75. The van der Waals surface area contributed by atoms with Gasteiger partial charge in [0.05, 0.1) is 6.21 Å². The number of hydrogen-bond acceptors (Lipinski definition) is 4. The van der Waals surface area contributed by atoms with Crippen LogP contribution in [0.25, 0.3) is 21.7 Å². The Bertz CT molecular complexity index is 1250. The van der Waals surface area contributed by atoms with Crippen molar-refractivity contribution in [2.45, 2.75) is 6.54 Å². The van der Waals surface area contributed by atoms with Gasteiger partial charge in [0.15, 0.2) is 6.61 Å². The van der Waals surface area contributed by atoms with Crippen LogP contribution in [0, 0.1) is 0 Å². The summed E-state index contributed by atoms with van der Waals surface area (Å²) < 4.78 is 7.41. The number of hydrogen-bond donors (Lipinski definition) is 2. The molecule has 0 spiro atoms. The van der Waals surface area contributed by atoms with Gasteiger partial charge in [0.1, 0.15) is 12.3 Å². The lowest BCUT2D eigenvalue weighted by molar-refractivity contribution is -0.123. The second kappa shape index (κ2) is 8.48. The van der Waals surface area contributed by atoms with Crippen LogP contribution in [-0.4, -0.2) is 29.2 Å². The SMILES string of the molecule is NC(=O)Cn1cc(/C=N/NC(=O)COc2cccc3ccccc23)c2ccccc21. The van der Waals surface area contributed by atoms with E-state index in [9.17, 15) is 9.59 Å². The molecule has 2 amide bonds. The van der Waals surface area contributed by atoms with Crippen LogP contribution in [0.2, 0.25) is 0 Å². The third kappa shape index (κ3) is 4.15. The summed E-state index contributed by atoms with van der Waals surface area (Å²) in [5.41, 5.74) is 9.42. The minimum absolute atomic E-state index is 0.0690. The molecule has 0 atom stereocenters. The number of amides is 2. The first-order valence-corrected chi connectivity index (χ1v) is 9.40. The van der Waals surface area contributed by atoms with Crippen molar-refractivity contribution < 1.29 is 14.3 Å². The number of nitrogens with one attached hydrogen (secondary N) is 1. The molecule has 3 aromatic carbocycles. The first-order valence-electron chi connectivity index (χ1n) is 9.40. The standard InChI is InChI=1S/C23H20N4O3/c24-22(28)14-27-13-17(18-8-3-4-10-20(18)27)12-25-26-23(29)15-30-21-11-5-7-16-6-1-2-9-19(16)21/h1-13H,14-15H2,(H2,24,28)(H,26,29)/b25-12+. The maximum atomic E-state index is 12.1. The Balaban J connectivity index is 1.42. The number of rotatable bonds is 7. The Labute approximate surface area is 172 Å². The van der Waals surface area contributed by atoms with E-state index in [4.69, 9.17) is 10.5 Å². The molecule has 1 heterocycles. The van der Waals surface area contributed by atoms with Gasteiger partial charge in [-0.25, -0.2) is 5.43 Å². The van der Waals surface area contributed by atoms with E-state index in [1.165, 1.54) is 6.21 Å². The van der Waals surface area contributed by atoms with Crippen molar-refractivity contribution in [1.29, 1.82) is 0 Å². The van der Waals surface area contributed by atoms with Gasteiger partial charge in [-0.3, -0.25) is 9.59 Å². The van der Waals surface area contributed by atoms with Gasteiger partial charge in [-0.2, -0.15) is 5.10 Å². The van der Waals surface area contributed by atoms with Crippen molar-refractivity contribution in [3.8, 4) is 5.75 Å². The molecule has 0 unspecified atom stereocenters. The fraction of sp³-hybridized carbons (Fsp3) is 0.0870. The van der Waals surface area contributed by atoms with Crippen LogP contribution in [0.1, 0.15) is 5.56 Å². The molecule has 0 saturated carbocycles. The summed E-state index contributed by atoms with van der Waals surface area (Å²) in [5, 5.41) is 6.92. The number of carbonyl (C=O) groups excluding carboxylic acids is 2. The topological polar surface area (TPSA) is 98.7 Å². The number of aromatic nitrogens is 1. The van der Waals surface area contributed by atoms with Crippen molar-refractivity contribution in [2.24, 2.45) is 10.8 Å². The molecule has 0 saturated heterocycles. The minimum atomic E-state index is -0.432.